The van der Waals surface area contributed by atoms with Crippen LogP contribution in [0, 0.1) is 0 Å². The maximum atomic E-state index is 10.9. The molecule has 0 aliphatic heterocycles. The van der Waals surface area contributed by atoms with Crippen LogP contribution in [0.4, 0.5) is 0 Å². The van der Waals surface area contributed by atoms with E-state index in [1.54, 1.807) is 6.20 Å². The van der Waals surface area contributed by atoms with Crippen molar-refractivity contribution in [2.75, 3.05) is 13.7 Å². The Morgan fingerprint density at radius 1 is 1.39 bits per heavy atom. The van der Waals surface area contributed by atoms with E-state index in [0.29, 0.717) is 13.0 Å². The normalized spacial score (nSPS) is 10.5. The number of benzene rings is 1. The summed E-state index contributed by atoms with van der Waals surface area (Å²) in [6.45, 7) is 1.36. The lowest BCUT2D eigenvalue weighted by molar-refractivity contribution is -0.140. The number of hydrogen-bond donors (Lipinski definition) is 1. The summed E-state index contributed by atoms with van der Waals surface area (Å²) < 4.78 is 4.57. The summed E-state index contributed by atoms with van der Waals surface area (Å²) in [5.74, 6) is -0.190. The van der Waals surface area contributed by atoms with Crippen LogP contribution in [0.5, 0.6) is 0 Å². The second-order valence-electron chi connectivity index (χ2n) is 4.03. The zero-order valence-electron chi connectivity index (χ0n) is 10.3. The number of ether oxygens (including phenoxy) is 1. The van der Waals surface area contributed by atoms with Crippen molar-refractivity contribution >= 4 is 16.9 Å². The minimum atomic E-state index is -0.190. The van der Waals surface area contributed by atoms with Gasteiger partial charge in [0, 0.05) is 24.7 Å². The first-order valence-electron chi connectivity index (χ1n) is 5.91. The molecule has 1 heterocycles. The van der Waals surface area contributed by atoms with Crippen LogP contribution in [0.25, 0.3) is 10.9 Å². The second kappa shape index (κ2) is 6.12. The average Bonchev–Trinajstić information content (AvgIpc) is 2.43. The minimum Gasteiger partial charge on any atom is -0.469 e. The molecular formula is C14H16N2O2. The number of nitrogens with one attached hydrogen (secondary N) is 1. The van der Waals surface area contributed by atoms with Crippen molar-refractivity contribution < 1.29 is 9.53 Å². The van der Waals surface area contributed by atoms with E-state index in [-0.39, 0.29) is 5.97 Å². The van der Waals surface area contributed by atoms with E-state index in [2.05, 4.69) is 21.1 Å². The molecule has 1 N–H and O–H groups in total. The molecule has 0 atom stereocenters. The van der Waals surface area contributed by atoms with Gasteiger partial charge in [0.1, 0.15) is 0 Å². The summed E-state index contributed by atoms with van der Waals surface area (Å²) in [5, 5.41) is 4.34. The van der Waals surface area contributed by atoms with Gasteiger partial charge in [-0.1, -0.05) is 12.1 Å². The van der Waals surface area contributed by atoms with E-state index in [0.717, 1.165) is 17.4 Å². The van der Waals surface area contributed by atoms with E-state index in [4.69, 9.17) is 0 Å². The van der Waals surface area contributed by atoms with Crippen molar-refractivity contribution in [1.82, 2.24) is 10.3 Å². The van der Waals surface area contributed by atoms with Crippen molar-refractivity contribution in [2.45, 2.75) is 13.0 Å². The summed E-state index contributed by atoms with van der Waals surface area (Å²) in [6.07, 6.45) is 2.18. The van der Waals surface area contributed by atoms with Crippen molar-refractivity contribution in [2.24, 2.45) is 0 Å². The lowest BCUT2D eigenvalue weighted by Crippen LogP contribution is -2.18. The van der Waals surface area contributed by atoms with Gasteiger partial charge in [0.25, 0.3) is 0 Å². The maximum Gasteiger partial charge on any atom is 0.306 e. The Hall–Kier alpha value is -1.94. The average molecular weight is 244 g/mol. The van der Waals surface area contributed by atoms with Gasteiger partial charge in [-0.25, -0.2) is 0 Å². The van der Waals surface area contributed by atoms with E-state index >= 15 is 0 Å². The number of carbonyl (C=O) groups is 1. The number of hydrogen-bond acceptors (Lipinski definition) is 4. The number of aromatic nitrogens is 1. The van der Waals surface area contributed by atoms with Crippen LogP contribution in [-0.4, -0.2) is 24.6 Å². The SMILES string of the molecule is COC(=O)CCNCc1ccc2ncccc2c1. The largest absolute Gasteiger partial charge is 0.469 e. The molecule has 0 unspecified atom stereocenters. The van der Waals surface area contributed by atoms with Crippen molar-refractivity contribution in [3.05, 3.63) is 42.1 Å². The van der Waals surface area contributed by atoms with E-state index in [1.807, 2.05) is 24.3 Å². The number of esters is 1. The Bertz CT molecular complexity index is 540. The lowest BCUT2D eigenvalue weighted by Gasteiger charge is -2.05. The summed E-state index contributed by atoms with van der Waals surface area (Å²) in [6, 6.07) is 10.1. The molecule has 1 aromatic carbocycles. The van der Waals surface area contributed by atoms with Gasteiger partial charge < -0.3 is 10.1 Å². The zero-order valence-corrected chi connectivity index (χ0v) is 10.3. The molecule has 0 aliphatic rings. The molecule has 2 aromatic rings. The second-order valence-corrected chi connectivity index (χ2v) is 4.03. The molecule has 0 saturated heterocycles. The third-order valence-electron chi connectivity index (χ3n) is 2.73. The standard InChI is InChI=1S/C14H16N2O2/c1-18-14(17)6-8-15-10-11-4-5-13-12(9-11)3-2-7-16-13/h2-5,7,9,15H,6,8,10H2,1H3. The number of fused-ring (bicyclic) bond motifs is 1. The topological polar surface area (TPSA) is 51.2 Å². The third kappa shape index (κ3) is 3.28. The van der Waals surface area contributed by atoms with Gasteiger partial charge >= 0.3 is 5.97 Å². The highest BCUT2D eigenvalue weighted by molar-refractivity contribution is 5.78. The molecule has 4 heteroatoms. The van der Waals surface area contributed by atoms with Crippen LogP contribution >= 0.6 is 0 Å². The first kappa shape index (κ1) is 12.5. The molecular weight excluding hydrogens is 228 g/mol. The van der Waals surface area contributed by atoms with Crippen LogP contribution in [0.15, 0.2) is 36.5 Å². The highest BCUT2D eigenvalue weighted by Gasteiger charge is 2.00. The number of methoxy groups -OCH3 is 1. The van der Waals surface area contributed by atoms with Crippen LogP contribution in [0.3, 0.4) is 0 Å². The van der Waals surface area contributed by atoms with Gasteiger partial charge in [-0.2, -0.15) is 0 Å². The molecule has 0 bridgehead atoms. The highest BCUT2D eigenvalue weighted by atomic mass is 16.5. The Kier molecular flexibility index (Phi) is 4.25. The van der Waals surface area contributed by atoms with Gasteiger partial charge in [0.15, 0.2) is 0 Å². The van der Waals surface area contributed by atoms with E-state index in [9.17, 15) is 4.79 Å². The monoisotopic (exact) mass is 244 g/mol. The number of nitrogens with zero attached hydrogens (tertiary/aromatic N) is 1. The Labute approximate surface area is 106 Å². The van der Waals surface area contributed by atoms with Gasteiger partial charge in [0.2, 0.25) is 0 Å². The smallest absolute Gasteiger partial charge is 0.306 e. The quantitative estimate of drug-likeness (QED) is 0.644. The lowest BCUT2D eigenvalue weighted by atomic mass is 10.1. The molecule has 4 nitrogen and oxygen atoms in total. The first-order chi connectivity index (χ1) is 8.79. The molecule has 94 valence electrons. The Morgan fingerprint density at radius 2 is 2.28 bits per heavy atom. The van der Waals surface area contributed by atoms with Gasteiger partial charge in [-0.05, 0) is 23.8 Å². The molecule has 0 radical (unpaired) electrons. The predicted molar refractivity (Wildman–Crippen MR) is 70.1 cm³/mol. The summed E-state index contributed by atoms with van der Waals surface area (Å²) in [4.78, 5) is 15.2. The van der Waals surface area contributed by atoms with Crippen molar-refractivity contribution in [3.8, 4) is 0 Å². The van der Waals surface area contributed by atoms with Gasteiger partial charge in [0.05, 0.1) is 19.0 Å². The maximum absolute atomic E-state index is 10.9. The van der Waals surface area contributed by atoms with E-state index in [1.165, 1.54) is 12.7 Å². The highest BCUT2D eigenvalue weighted by Crippen LogP contribution is 2.12. The summed E-state index contributed by atoms with van der Waals surface area (Å²) in [5.41, 5.74) is 2.18. The Balaban J connectivity index is 1.90. The molecule has 0 aliphatic carbocycles. The zero-order chi connectivity index (χ0) is 12.8. The van der Waals surface area contributed by atoms with Crippen molar-refractivity contribution in [3.63, 3.8) is 0 Å². The summed E-state index contributed by atoms with van der Waals surface area (Å²) in [7, 11) is 1.40. The Morgan fingerprint density at radius 3 is 3.11 bits per heavy atom. The fourth-order valence-corrected chi connectivity index (χ4v) is 1.76. The number of rotatable bonds is 5. The molecule has 0 saturated carbocycles. The molecule has 18 heavy (non-hydrogen) atoms. The predicted octanol–water partition coefficient (Wildman–Crippen LogP) is 1.89. The molecule has 1 aromatic heterocycles. The van der Waals surface area contributed by atoms with Crippen LogP contribution < -0.4 is 5.32 Å². The van der Waals surface area contributed by atoms with Gasteiger partial charge in [-0.15, -0.1) is 0 Å². The van der Waals surface area contributed by atoms with Crippen LogP contribution in [0.2, 0.25) is 0 Å². The fourth-order valence-electron chi connectivity index (χ4n) is 1.76. The molecule has 0 fully saturated rings. The van der Waals surface area contributed by atoms with Crippen molar-refractivity contribution in [1.29, 1.82) is 0 Å². The fraction of sp³-hybridized carbons (Fsp3) is 0.286. The third-order valence-corrected chi connectivity index (χ3v) is 2.73. The van der Waals surface area contributed by atoms with Crippen LogP contribution in [0.1, 0.15) is 12.0 Å². The van der Waals surface area contributed by atoms with Crippen LogP contribution in [-0.2, 0) is 16.1 Å². The summed E-state index contributed by atoms with van der Waals surface area (Å²) >= 11 is 0. The first-order valence-corrected chi connectivity index (χ1v) is 5.91. The molecule has 0 amide bonds. The number of carbonyl (C=O) groups excluding carboxylic acids is 1. The molecule has 2 rings (SSSR count). The molecule has 0 spiro atoms. The van der Waals surface area contributed by atoms with Gasteiger partial charge in [-0.3, -0.25) is 9.78 Å². The minimum absolute atomic E-state index is 0.190. The van der Waals surface area contributed by atoms with E-state index < -0.39 is 0 Å². The number of pyridine rings is 1.